The summed E-state index contributed by atoms with van der Waals surface area (Å²) in [6, 6.07) is 12.8. The molecule has 2 aliphatic rings. The highest BCUT2D eigenvalue weighted by atomic mass is 16.3. The van der Waals surface area contributed by atoms with Crippen LogP contribution in [0.4, 0.5) is 17.2 Å². The van der Waals surface area contributed by atoms with Crippen molar-refractivity contribution >= 4 is 23.1 Å². The maximum absolute atomic E-state index is 13.2. The van der Waals surface area contributed by atoms with Crippen molar-refractivity contribution in [3.05, 3.63) is 59.8 Å². The van der Waals surface area contributed by atoms with E-state index < -0.39 is 0 Å². The number of aromatic nitrogens is 2. The van der Waals surface area contributed by atoms with Crippen molar-refractivity contribution in [2.75, 3.05) is 42.9 Å². The first-order chi connectivity index (χ1) is 19.0. The molecule has 3 heterocycles. The Morgan fingerprint density at radius 2 is 1.62 bits per heavy atom. The number of amides is 1. The maximum Gasteiger partial charge on any atom is 0.227 e. The molecule has 9 nitrogen and oxygen atoms in total. The number of nitrogens with zero attached hydrogens (tertiary/aromatic N) is 5. The molecule has 2 aliphatic heterocycles. The zero-order valence-electron chi connectivity index (χ0n) is 22.8. The first-order valence-corrected chi connectivity index (χ1v) is 14.1. The summed E-state index contributed by atoms with van der Waals surface area (Å²) in [5.41, 5.74) is 3.84. The van der Waals surface area contributed by atoms with Crippen LogP contribution in [0, 0.1) is 0 Å². The summed E-state index contributed by atoms with van der Waals surface area (Å²) in [6.45, 7) is 6.48. The number of phenolic OH excluding ortho intramolecular Hbond substituents is 2. The summed E-state index contributed by atoms with van der Waals surface area (Å²) >= 11 is 0. The molecular weight excluding hydrogens is 492 g/mol. The number of benzene rings is 2. The van der Waals surface area contributed by atoms with Crippen LogP contribution in [0.3, 0.4) is 0 Å². The van der Waals surface area contributed by atoms with Crippen molar-refractivity contribution in [1.29, 1.82) is 0 Å². The van der Waals surface area contributed by atoms with Crippen LogP contribution in [0.15, 0.2) is 48.7 Å². The van der Waals surface area contributed by atoms with E-state index in [2.05, 4.69) is 20.2 Å². The Labute approximate surface area is 230 Å². The molecule has 0 saturated carbocycles. The Morgan fingerprint density at radius 3 is 2.41 bits per heavy atom. The van der Waals surface area contributed by atoms with Gasteiger partial charge >= 0.3 is 0 Å². The third-order valence-electron chi connectivity index (χ3n) is 7.79. The lowest BCUT2D eigenvalue weighted by atomic mass is 10.1. The zero-order valence-corrected chi connectivity index (χ0v) is 22.8. The van der Waals surface area contributed by atoms with Gasteiger partial charge in [-0.25, -0.2) is 0 Å². The summed E-state index contributed by atoms with van der Waals surface area (Å²) in [5, 5.41) is 27.2. The molecule has 3 aromatic rings. The number of carbonyl (C=O) groups is 1. The predicted molar refractivity (Wildman–Crippen MR) is 153 cm³/mol. The molecule has 208 valence electrons. The van der Waals surface area contributed by atoms with Gasteiger partial charge in [-0.1, -0.05) is 31.4 Å². The Balaban J connectivity index is 0.982. The fraction of sp³-hybridized carbons (Fsp3) is 0.467. The number of fused-ring (bicyclic) bond motifs is 2. The number of phenols is 2. The zero-order chi connectivity index (χ0) is 27.2. The number of piperazine rings is 1. The lowest BCUT2D eigenvalue weighted by Crippen LogP contribution is -2.46. The van der Waals surface area contributed by atoms with E-state index in [1.54, 1.807) is 12.1 Å². The van der Waals surface area contributed by atoms with Crippen LogP contribution >= 0.6 is 0 Å². The second-order valence-corrected chi connectivity index (χ2v) is 10.8. The van der Waals surface area contributed by atoms with E-state index in [0.29, 0.717) is 13.0 Å². The quantitative estimate of drug-likeness (QED) is 0.329. The molecule has 0 spiro atoms. The molecule has 1 fully saturated rings. The normalized spacial score (nSPS) is 15.9. The van der Waals surface area contributed by atoms with Crippen molar-refractivity contribution in [3.63, 3.8) is 0 Å². The Hall–Kier alpha value is -3.56. The molecule has 0 bridgehead atoms. The van der Waals surface area contributed by atoms with Crippen LogP contribution < -0.4 is 10.2 Å². The summed E-state index contributed by atoms with van der Waals surface area (Å²) in [6.07, 6.45) is 7.91. The molecular formula is C30H40N6O3. The van der Waals surface area contributed by atoms with Crippen molar-refractivity contribution in [1.82, 2.24) is 19.6 Å². The number of rotatable bonds is 10. The SMILES string of the molecule is Cn1ncc2c1Nc1ccccc1N(C(=O)CCCCCCCN1CCN(Cc3cc(O)cc(O)c3)CC1)C2. The number of hydrogen-bond acceptors (Lipinski definition) is 7. The monoisotopic (exact) mass is 532 g/mol. The molecule has 0 aliphatic carbocycles. The minimum Gasteiger partial charge on any atom is -0.508 e. The van der Waals surface area contributed by atoms with E-state index in [0.717, 1.165) is 86.9 Å². The second kappa shape index (κ2) is 12.5. The predicted octanol–water partition coefficient (Wildman–Crippen LogP) is 4.58. The average Bonchev–Trinajstić information content (AvgIpc) is 3.16. The molecule has 0 radical (unpaired) electrons. The van der Waals surface area contributed by atoms with Crippen molar-refractivity contribution in [2.24, 2.45) is 7.05 Å². The summed E-state index contributed by atoms with van der Waals surface area (Å²) < 4.78 is 1.82. The van der Waals surface area contributed by atoms with E-state index in [4.69, 9.17) is 0 Å². The Morgan fingerprint density at radius 1 is 0.923 bits per heavy atom. The smallest absolute Gasteiger partial charge is 0.227 e. The standard InChI is InChI=1S/C30H40N6O3/c1-33-30-24(20-31-33)22-36(28-10-7-6-9-27(28)32-30)29(39)11-5-3-2-4-8-12-34-13-15-35(16-14-34)21-23-17-25(37)19-26(38)18-23/h6-7,9-10,17-20,32,37-38H,2-5,8,11-16,21-22H2,1H3. The van der Waals surface area contributed by atoms with Gasteiger partial charge in [0.25, 0.3) is 0 Å². The topological polar surface area (TPSA) is 97.1 Å². The number of unbranched alkanes of at least 4 members (excludes halogenated alkanes) is 4. The van der Waals surface area contributed by atoms with Gasteiger partial charge in [-0.05, 0) is 49.2 Å². The van der Waals surface area contributed by atoms with Crippen molar-refractivity contribution in [2.45, 2.75) is 51.6 Å². The van der Waals surface area contributed by atoms with Gasteiger partial charge in [0.05, 0.1) is 24.1 Å². The molecule has 1 saturated heterocycles. The number of hydrogen-bond donors (Lipinski definition) is 3. The lowest BCUT2D eigenvalue weighted by molar-refractivity contribution is -0.118. The second-order valence-electron chi connectivity index (χ2n) is 10.8. The molecule has 9 heteroatoms. The third-order valence-corrected chi connectivity index (χ3v) is 7.79. The molecule has 0 atom stereocenters. The first-order valence-electron chi connectivity index (χ1n) is 14.1. The van der Waals surface area contributed by atoms with Gasteiger partial charge in [0.2, 0.25) is 5.91 Å². The number of para-hydroxylation sites is 2. The molecule has 2 aromatic carbocycles. The van der Waals surface area contributed by atoms with Gasteiger partial charge in [-0.3, -0.25) is 14.4 Å². The van der Waals surface area contributed by atoms with Gasteiger partial charge in [-0.15, -0.1) is 0 Å². The minimum absolute atomic E-state index is 0.112. The molecule has 1 amide bonds. The minimum atomic E-state index is 0.112. The van der Waals surface area contributed by atoms with Gasteiger partial charge in [0, 0.05) is 57.8 Å². The average molecular weight is 533 g/mol. The van der Waals surface area contributed by atoms with Crippen molar-refractivity contribution < 1.29 is 15.0 Å². The highest BCUT2D eigenvalue weighted by molar-refractivity contribution is 5.98. The van der Waals surface area contributed by atoms with Gasteiger partial charge in [-0.2, -0.15) is 5.10 Å². The van der Waals surface area contributed by atoms with Crippen LogP contribution in [0.1, 0.15) is 49.7 Å². The van der Waals surface area contributed by atoms with Crippen molar-refractivity contribution in [3.8, 4) is 11.5 Å². The van der Waals surface area contributed by atoms with E-state index in [1.165, 1.54) is 18.9 Å². The molecule has 5 rings (SSSR count). The summed E-state index contributed by atoms with van der Waals surface area (Å²) in [5.74, 6) is 1.33. The number of aryl methyl sites for hydroxylation is 1. The molecule has 3 N–H and O–H groups in total. The molecule has 1 aromatic heterocycles. The Kier molecular flexibility index (Phi) is 8.68. The Bertz CT molecular complexity index is 1250. The van der Waals surface area contributed by atoms with Crippen LogP contribution in [-0.2, 0) is 24.9 Å². The third kappa shape index (κ3) is 6.91. The van der Waals surface area contributed by atoms with E-state index in [9.17, 15) is 15.0 Å². The van der Waals surface area contributed by atoms with Crippen LogP contribution in [0.2, 0.25) is 0 Å². The van der Waals surface area contributed by atoms with Gasteiger partial charge < -0.3 is 25.3 Å². The fourth-order valence-corrected chi connectivity index (χ4v) is 5.63. The highest BCUT2D eigenvalue weighted by Crippen LogP contribution is 2.35. The largest absolute Gasteiger partial charge is 0.508 e. The number of anilines is 3. The molecule has 39 heavy (non-hydrogen) atoms. The highest BCUT2D eigenvalue weighted by Gasteiger charge is 2.25. The summed E-state index contributed by atoms with van der Waals surface area (Å²) in [7, 11) is 1.91. The molecule has 0 unspecified atom stereocenters. The van der Waals surface area contributed by atoms with Gasteiger partial charge in [0.15, 0.2) is 0 Å². The maximum atomic E-state index is 13.2. The van der Waals surface area contributed by atoms with E-state index in [1.807, 2.05) is 47.1 Å². The van der Waals surface area contributed by atoms with E-state index in [-0.39, 0.29) is 17.4 Å². The fourth-order valence-electron chi connectivity index (χ4n) is 5.63. The van der Waals surface area contributed by atoms with Crippen LogP contribution in [-0.4, -0.2) is 68.4 Å². The van der Waals surface area contributed by atoms with Crippen LogP contribution in [0.5, 0.6) is 11.5 Å². The number of carbonyl (C=O) groups excluding carboxylic acids is 1. The van der Waals surface area contributed by atoms with Gasteiger partial charge in [0.1, 0.15) is 17.3 Å². The van der Waals surface area contributed by atoms with Crippen LogP contribution in [0.25, 0.3) is 0 Å². The lowest BCUT2D eigenvalue weighted by Gasteiger charge is -2.34. The van der Waals surface area contributed by atoms with E-state index >= 15 is 0 Å². The number of aromatic hydroxyl groups is 2. The number of nitrogens with one attached hydrogen (secondary N) is 1. The summed E-state index contributed by atoms with van der Waals surface area (Å²) in [4.78, 5) is 20.0. The first kappa shape index (κ1) is 27.0.